The summed E-state index contributed by atoms with van der Waals surface area (Å²) in [7, 11) is 0. The summed E-state index contributed by atoms with van der Waals surface area (Å²) in [6.45, 7) is 5.23. The molecule has 1 N–H and O–H groups in total. The highest BCUT2D eigenvalue weighted by atomic mass is 19.1. The van der Waals surface area contributed by atoms with Gasteiger partial charge in [0.05, 0.1) is 24.6 Å². The average Bonchev–Trinajstić information content (AvgIpc) is 3.34. The van der Waals surface area contributed by atoms with Gasteiger partial charge in [0.1, 0.15) is 5.75 Å². The van der Waals surface area contributed by atoms with Crippen LogP contribution in [-0.4, -0.2) is 28.9 Å². The molecule has 186 valence electrons. The van der Waals surface area contributed by atoms with Crippen molar-refractivity contribution in [2.24, 2.45) is 0 Å². The molecule has 7 heteroatoms. The van der Waals surface area contributed by atoms with E-state index in [9.17, 15) is 9.18 Å². The molecule has 0 bridgehead atoms. The first kappa shape index (κ1) is 25.0. The lowest BCUT2D eigenvalue weighted by atomic mass is 10.1. The number of rotatable bonds is 11. The Hall–Kier alpha value is -4.13. The molecular weight excluding hydrogens is 457 g/mol. The molecule has 0 aliphatic carbocycles. The average molecular weight is 488 g/mol. The highest BCUT2D eigenvalue weighted by Gasteiger charge is 2.16. The van der Waals surface area contributed by atoms with Crippen LogP contribution in [0.3, 0.4) is 0 Å². The molecule has 0 atom stereocenters. The van der Waals surface area contributed by atoms with Gasteiger partial charge in [-0.05, 0) is 67.9 Å². The van der Waals surface area contributed by atoms with Crippen molar-refractivity contribution in [1.82, 2.24) is 15.1 Å². The van der Waals surface area contributed by atoms with Crippen molar-refractivity contribution in [3.8, 4) is 28.4 Å². The number of nitrogens with zero attached hydrogens (tertiary/aromatic N) is 2. The van der Waals surface area contributed by atoms with E-state index in [1.807, 2.05) is 43.5 Å². The molecule has 0 aliphatic heterocycles. The van der Waals surface area contributed by atoms with Gasteiger partial charge < -0.3 is 14.8 Å². The minimum Gasteiger partial charge on any atom is -0.494 e. The van der Waals surface area contributed by atoms with Crippen molar-refractivity contribution in [2.75, 3.05) is 13.2 Å². The Balaban J connectivity index is 1.58. The van der Waals surface area contributed by atoms with E-state index in [0.29, 0.717) is 35.8 Å². The molecule has 36 heavy (non-hydrogen) atoms. The number of aromatic nitrogens is 2. The quantitative estimate of drug-likeness (QED) is 0.256. The standard InChI is InChI=1S/C29H30FN3O3/c1-3-5-17-36-27-16-13-22(18-26(27)30)28-23(20-33(32-28)24-9-7-6-8-10-24)19-31-29(34)21-11-14-25(15-12-21)35-4-2/h6-16,18,20H,3-5,17,19H2,1-2H3,(H,31,34). The Morgan fingerprint density at radius 3 is 2.47 bits per heavy atom. The van der Waals surface area contributed by atoms with Crippen molar-refractivity contribution in [3.63, 3.8) is 0 Å². The van der Waals surface area contributed by atoms with E-state index in [1.165, 1.54) is 6.07 Å². The van der Waals surface area contributed by atoms with E-state index in [1.54, 1.807) is 41.1 Å². The van der Waals surface area contributed by atoms with Crippen LogP contribution in [0.4, 0.5) is 4.39 Å². The van der Waals surface area contributed by atoms with E-state index in [4.69, 9.17) is 14.6 Å². The fourth-order valence-corrected chi connectivity index (χ4v) is 3.73. The summed E-state index contributed by atoms with van der Waals surface area (Å²) in [6.07, 6.45) is 3.69. The SMILES string of the molecule is CCCCOc1ccc(-c2nn(-c3ccccc3)cc2CNC(=O)c2ccc(OCC)cc2)cc1F. The predicted octanol–water partition coefficient (Wildman–Crippen LogP) is 6.19. The number of halogens is 1. The number of unbranched alkanes of at least 4 members (excludes halogenated alkanes) is 1. The van der Waals surface area contributed by atoms with Gasteiger partial charge in [-0.1, -0.05) is 31.5 Å². The number of ether oxygens (including phenoxy) is 2. The smallest absolute Gasteiger partial charge is 0.251 e. The molecule has 0 saturated heterocycles. The van der Waals surface area contributed by atoms with Crippen molar-refractivity contribution in [1.29, 1.82) is 0 Å². The lowest BCUT2D eigenvalue weighted by molar-refractivity contribution is 0.0951. The second kappa shape index (κ2) is 12.0. The topological polar surface area (TPSA) is 65.4 Å². The number of amides is 1. The zero-order valence-electron chi connectivity index (χ0n) is 20.5. The zero-order valence-corrected chi connectivity index (χ0v) is 20.5. The largest absolute Gasteiger partial charge is 0.494 e. The minimum atomic E-state index is -0.442. The fourth-order valence-electron chi connectivity index (χ4n) is 3.73. The highest BCUT2D eigenvalue weighted by Crippen LogP contribution is 2.28. The van der Waals surface area contributed by atoms with Gasteiger partial charge in [0.25, 0.3) is 5.91 Å². The maximum absolute atomic E-state index is 14.8. The molecule has 0 spiro atoms. The van der Waals surface area contributed by atoms with Crippen molar-refractivity contribution in [3.05, 3.63) is 95.9 Å². The third kappa shape index (κ3) is 6.10. The first-order chi connectivity index (χ1) is 17.6. The van der Waals surface area contributed by atoms with Crippen LogP contribution in [0.25, 0.3) is 16.9 Å². The third-order valence-electron chi connectivity index (χ3n) is 5.64. The summed E-state index contributed by atoms with van der Waals surface area (Å²) in [5.74, 6) is 0.272. The summed E-state index contributed by atoms with van der Waals surface area (Å²) in [4.78, 5) is 12.8. The number of carbonyl (C=O) groups is 1. The highest BCUT2D eigenvalue weighted by molar-refractivity contribution is 5.94. The summed E-state index contributed by atoms with van der Waals surface area (Å²) in [5.41, 5.74) is 3.34. The number of para-hydroxylation sites is 1. The molecule has 4 rings (SSSR count). The summed E-state index contributed by atoms with van der Waals surface area (Å²) >= 11 is 0. The monoisotopic (exact) mass is 487 g/mol. The van der Waals surface area contributed by atoms with Crippen LogP contribution in [0.2, 0.25) is 0 Å². The molecule has 6 nitrogen and oxygen atoms in total. The molecule has 3 aromatic carbocycles. The van der Waals surface area contributed by atoms with Crippen LogP contribution >= 0.6 is 0 Å². The van der Waals surface area contributed by atoms with Gasteiger partial charge in [0.15, 0.2) is 11.6 Å². The predicted molar refractivity (Wildman–Crippen MR) is 138 cm³/mol. The van der Waals surface area contributed by atoms with E-state index >= 15 is 0 Å². The summed E-state index contributed by atoms with van der Waals surface area (Å²) in [5, 5.41) is 7.67. The number of benzene rings is 3. The van der Waals surface area contributed by atoms with Crippen LogP contribution in [0.15, 0.2) is 79.0 Å². The Kier molecular flexibility index (Phi) is 8.34. The van der Waals surface area contributed by atoms with Gasteiger partial charge in [-0.3, -0.25) is 4.79 Å². The van der Waals surface area contributed by atoms with E-state index in [-0.39, 0.29) is 18.2 Å². The molecule has 1 aromatic heterocycles. The van der Waals surface area contributed by atoms with Crippen LogP contribution in [0.5, 0.6) is 11.5 Å². The van der Waals surface area contributed by atoms with Crippen molar-refractivity contribution < 1.29 is 18.7 Å². The van der Waals surface area contributed by atoms with Gasteiger partial charge in [0.2, 0.25) is 0 Å². The number of nitrogens with one attached hydrogen (secondary N) is 1. The summed E-state index contributed by atoms with van der Waals surface area (Å²) in [6, 6.07) is 21.5. The van der Waals surface area contributed by atoms with Crippen molar-refractivity contribution >= 4 is 5.91 Å². The molecular formula is C29H30FN3O3. The van der Waals surface area contributed by atoms with Gasteiger partial charge in [-0.2, -0.15) is 5.10 Å². The Bertz CT molecular complexity index is 1290. The van der Waals surface area contributed by atoms with E-state index in [0.717, 1.165) is 24.1 Å². The first-order valence-electron chi connectivity index (χ1n) is 12.2. The lowest BCUT2D eigenvalue weighted by Crippen LogP contribution is -2.22. The molecule has 1 amide bonds. The second-order valence-electron chi connectivity index (χ2n) is 8.27. The number of hydrogen-bond acceptors (Lipinski definition) is 4. The zero-order chi connectivity index (χ0) is 25.3. The van der Waals surface area contributed by atoms with Gasteiger partial charge in [-0.25, -0.2) is 9.07 Å². The van der Waals surface area contributed by atoms with Crippen molar-refractivity contribution in [2.45, 2.75) is 33.2 Å². The maximum atomic E-state index is 14.8. The molecule has 0 radical (unpaired) electrons. The molecule has 0 aliphatic rings. The molecule has 1 heterocycles. The molecule has 0 fully saturated rings. The van der Waals surface area contributed by atoms with Gasteiger partial charge in [0, 0.05) is 29.4 Å². The lowest BCUT2D eigenvalue weighted by Gasteiger charge is -2.09. The van der Waals surface area contributed by atoms with Crippen LogP contribution in [0, 0.1) is 5.82 Å². The van der Waals surface area contributed by atoms with E-state index in [2.05, 4.69) is 12.2 Å². The summed E-state index contributed by atoms with van der Waals surface area (Å²) < 4.78 is 27.5. The Morgan fingerprint density at radius 2 is 1.78 bits per heavy atom. The van der Waals surface area contributed by atoms with Gasteiger partial charge in [-0.15, -0.1) is 0 Å². The third-order valence-corrected chi connectivity index (χ3v) is 5.64. The van der Waals surface area contributed by atoms with Crippen LogP contribution < -0.4 is 14.8 Å². The second-order valence-corrected chi connectivity index (χ2v) is 8.27. The Labute approximate surface area is 210 Å². The molecule has 0 unspecified atom stereocenters. The number of hydrogen-bond donors (Lipinski definition) is 1. The first-order valence-corrected chi connectivity index (χ1v) is 12.2. The van der Waals surface area contributed by atoms with Crippen LogP contribution in [-0.2, 0) is 6.54 Å². The molecule has 4 aromatic rings. The Morgan fingerprint density at radius 1 is 1.00 bits per heavy atom. The molecule has 0 saturated carbocycles. The van der Waals surface area contributed by atoms with E-state index < -0.39 is 5.82 Å². The fraction of sp³-hybridized carbons (Fsp3) is 0.241. The minimum absolute atomic E-state index is 0.220. The van der Waals surface area contributed by atoms with Gasteiger partial charge >= 0.3 is 0 Å². The number of carbonyl (C=O) groups excluding carboxylic acids is 1. The normalized spacial score (nSPS) is 10.8. The maximum Gasteiger partial charge on any atom is 0.251 e. The van der Waals surface area contributed by atoms with Crippen LogP contribution in [0.1, 0.15) is 42.6 Å².